The zero-order valence-electron chi connectivity index (χ0n) is 17.9. The standard InChI is InChI=1S/C24H28FN5O/c1-3-30(4-2)16-6-14-27-24(31)18-9-11-21(12-10-18)28-22-13-15-26-23(29-22)19-7-5-8-20(25)17-19/h5,7-13,15,17H,3-4,6,14,16H2,1-2H3,(H,27,31)(H,26,28,29). The number of anilines is 2. The van der Waals surface area contributed by atoms with E-state index in [1.807, 2.05) is 12.1 Å². The van der Waals surface area contributed by atoms with E-state index in [0.29, 0.717) is 29.3 Å². The van der Waals surface area contributed by atoms with Crippen LogP contribution in [0.1, 0.15) is 30.6 Å². The Hall–Kier alpha value is -3.32. The Kier molecular flexibility index (Phi) is 8.06. The van der Waals surface area contributed by atoms with E-state index in [4.69, 9.17) is 0 Å². The SMILES string of the molecule is CCN(CC)CCCNC(=O)c1ccc(Nc2ccnc(-c3cccc(F)c3)n2)cc1. The molecule has 0 unspecified atom stereocenters. The van der Waals surface area contributed by atoms with E-state index in [2.05, 4.69) is 39.3 Å². The van der Waals surface area contributed by atoms with Gasteiger partial charge in [0, 0.05) is 29.6 Å². The normalized spacial score (nSPS) is 10.8. The van der Waals surface area contributed by atoms with E-state index in [9.17, 15) is 9.18 Å². The van der Waals surface area contributed by atoms with E-state index in [1.54, 1.807) is 36.5 Å². The molecule has 0 fully saturated rings. The number of nitrogens with zero attached hydrogens (tertiary/aromatic N) is 3. The summed E-state index contributed by atoms with van der Waals surface area (Å²) in [7, 11) is 0. The topological polar surface area (TPSA) is 70.2 Å². The van der Waals surface area contributed by atoms with Crippen LogP contribution < -0.4 is 10.6 Å². The van der Waals surface area contributed by atoms with Gasteiger partial charge in [-0.25, -0.2) is 14.4 Å². The van der Waals surface area contributed by atoms with Gasteiger partial charge in [-0.05, 0) is 68.5 Å². The van der Waals surface area contributed by atoms with Gasteiger partial charge in [0.15, 0.2) is 5.82 Å². The van der Waals surface area contributed by atoms with Crippen molar-refractivity contribution in [3.63, 3.8) is 0 Å². The fraction of sp³-hybridized carbons (Fsp3) is 0.292. The molecule has 0 bridgehead atoms. The minimum atomic E-state index is -0.332. The van der Waals surface area contributed by atoms with Crippen LogP contribution >= 0.6 is 0 Å². The second-order valence-corrected chi connectivity index (χ2v) is 7.11. The maximum Gasteiger partial charge on any atom is 0.251 e. The van der Waals surface area contributed by atoms with Crippen molar-refractivity contribution in [2.75, 3.05) is 31.5 Å². The Morgan fingerprint density at radius 3 is 2.55 bits per heavy atom. The monoisotopic (exact) mass is 421 g/mol. The predicted octanol–water partition coefficient (Wildman–Crippen LogP) is 4.49. The Morgan fingerprint density at radius 1 is 1.06 bits per heavy atom. The van der Waals surface area contributed by atoms with Crippen LogP contribution in [-0.4, -0.2) is 47.0 Å². The number of hydrogen-bond acceptors (Lipinski definition) is 5. The summed E-state index contributed by atoms with van der Waals surface area (Å²) in [6, 6.07) is 15.1. The highest BCUT2D eigenvalue weighted by atomic mass is 19.1. The lowest BCUT2D eigenvalue weighted by atomic mass is 10.2. The Bertz CT molecular complexity index is 989. The Balaban J connectivity index is 1.56. The van der Waals surface area contributed by atoms with Gasteiger partial charge in [0.2, 0.25) is 0 Å². The first-order chi connectivity index (χ1) is 15.1. The summed E-state index contributed by atoms with van der Waals surface area (Å²) in [6.45, 7) is 7.96. The van der Waals surface area contributed by atoms with Crippen molar-refractivity contribution in [1.29, 1.82) is 0 Å². The van der Waals surface area contributed by atoms with Crippen molar-refractivity contribution in [2.24, 2.45) is 0 Å². The lowest BCUT2D eigenvalue weighted by Gasteiger charge is -2.17. The van der Waals surface area contributed by atoms with Gasteiger partial charge in [0.1, 0.15) is 11.6 Å². The number of halogens is 1. The van der Waals surface area contributed by atoms with Gasteiger partial charge >= 0.3 is 0 Å². The van der Waals surface area contributed by atoms with Gasteiger partial charge in [0.05, 0.1) is 0 Å². The molecule has 0 aliphatic rings. The predicted molar refractivity (Wildman–Crippen MR) is 122 cm³/mol. The zero-order chi connectivity index (χ0) is 22.1. The van der Waals surface area contributed by atoms with E-state index in [0.717, 1.165) is 31.7 Å². The van der Waals surface area contributed by atoms with Crippen molar-refractivity contribution in [3.05, 3.63) is 72.2 Å². The van der Waals surface area contributed by atoms with Crippen LogP contribution in [-0.2, 0) is 0 Å². The van der Waals surface area contributed by atoms with Crippen molar-refractivity contribution >= 4 is 17.4 Å². The fourth-order valence-corrected chi connectivity index (χ4v) is 3.19. The van der Waals surface area contributed by atoms with E-state index in [-0.39, 0.29) is 11.7 Å². The number of carbonyl (C=O) groups excluding carboxylic acids is 1. The molecule has 162 valence electrons. The number of nitrogens with one attached hydrogen (secondary N) is 2. The summed E-state index contributed by atoms with van der Waals surface area (Å²) in [4.78, 5) is 23.3. The molecule has 1 amide bonds. The molecule has 7 heteroatoms. The number of carbonyl (C=O) groups is 1. The van der Waals surface area contributed by atoms with E-state index < -0.39 is 0 Å². The van der Waals surface area contributed by atoms with Crippen molar-refractivity contribution in [3.8, 4) is 11.4 Å². The molecule has 3 rings (SSSR count). The lowest BCUT2D eigenvalue weighted by molar-refractivity contribution is 0.0952. The molecular formula is C24H28FN5O. The second kappa shape index (κ2) is 11.2. The molecule has 6 nitrogen and oxygen atoms in total. The molecule has 31 heavy (non-hydrogen) atoms. The number of hydrogen-bond donors (Lipinski definition) is 2. The molecule has 0 aliphatic carbocycles. The van der Waals surface area contributed by atoms with Gasteiger partial charge in [-0.15, -0.1) is 0 Å². The Labute approximate surface area is 182 Å². The van der Waals surface area contributed by atoms with Crippen molar-refractivity contribution in [1.82, 2.24) is 20.2 Å². The summed E-state index contributed by atoms with van der Waals surface area (Å²) in [5.74, 6) is 0.607. The summed E-state index contributed by atoms with van der Waals surface area (Å²) >= 11 is 0. The molecule has 0 aliphatic heterocycles. The molecule has 2 aromatic carbocycles. The molecule has 0 saturated heterocycles. The number of rotatable bonds is 10. The maximum atomic E-state index is 13.5. The smallest absolute Gasteiger partial charge is 0.251 e. The third-order valence-electron chi connectivity index (χ3n) is 4.99. The average Bonchev–Trinajstić information content (AvgIpc) is 2.80. The van der Waals surface area contributed by atoms with Gasteiger partial charge in [0.25, 0.3) is 5.91 Å². The average molecular weight is 422 g/mol. The maximum absolute atomic E-state index is 13.5. The van der Waals surface area contributed by atoms with Crippen LogP contribution in [0.2, 0.25) is 0 Å². The second-order valence-electron chi connectivity index (χ2n) is 7.11. The third-order valence-corrected chi connectivity index (χ3v) is 4.99. The van der Waals surface area contributed by atoms with E-state index >= 15 is 0 Å². The molecule has 2 N–H and O–H groups in total. The molecule has 3 aromatic rings. The molecular weight excluding hydrogens is 393 g/mol. The first-order valence-corrected chi connectivity index (χ1v) is 10.6. The third kappa shape index (κ3) is 6.58. The minimum absolute atomic E-state index is 0.0819. The summed E-state index contributed by atoms with van der Waals surface area (Å²) < 4.78 is 13.5. The summed E-state index contributed by atoms with van der Waals surface area (Å²) in [6.07, 6.45) is 2.55. The zero-order valence-corrected chi connectivity index (χ0v) is 17.9. The first-order valence-electron chi connectivity index (χ1n) is 10.6. The lowest BCUT2D eigenvalue weighted by Crippen LogP contribution is -2.29. The summed E-state index contributed by atoms with van der Waals surface area (Å²) in [5.41, 5.74) is 2.01. The molecule has 0 radical (unpaired) electrons. The van der Waals surface area contributed by atoms with Gasteiger partial charge in [-0.2, -0.15) is 0 Å². The highest BCUT2D eigenvalue weighted by Crippen LogP contribution is 2.20. The van der Waals surface area contributed by atoms with Gasteiger partial charge < -0.3 is 15.5 Å². The van der Waals surface area contributed by atoms with Gasteiger partial charge in [-0.1, -0.05) is 26.0 Å². The van der Waals surface area contributed by atoms with Gasteiger partial charge in [-0.3, -0.25) is 4.79 Å². The van der Waals surface area contributed by atoms with Crippen LogP contribution in [0.15, 0.2) is 60.8 Å². The molecule has 1 heterocycles. The van der Waals surface area contributed by atoms with E-state index in [1.165, 1.54) is 12.1 Å². The molecule has 0 atom stereocenters. The Morgan fingerprint density at radius 2 is 1.84 bits per heavy atom. The van der Waals surface area contributed by atoms with Crippen LogP contribution in [0.25, 0.3) is 11.4 Å². The fourth-order valence-electron chi connectivity index (χ4n) is 3.19. The van der Waals surface area contributed by atoms with Crippen molar-refractivity contribution < 1.29 is 9.18 Å². The number of benzene rings is 2. The summed E-state index contributed by atoms with van der Waals surface area (Å²) in [5, 5.41) is 6.15. The highest BCUT2D eigenvalue weighted by Gasteiger charge is 2.07. The van der Waals surface area contributed by atoms with Crippen LogP contribution in [0, 0.1) is 5.82 Å². The quantitative estimate of drug-likeness (QED) is 0.472. The molecule has 0 spiro atoms. The van der Waals surface area contributed by atoms with Crippen LogP contribution in [0.4, 0.5) is 15.9 Å². The van der Waals surface area contributed by atoms with Crippen LogP contribution in [0.3, 0.4) is 0 Å². The molecule has 1 aromatic heterocycles. The highest BCUT2D eigenvalue weighted by molar-refractivity contribution is 5.94. The van der Waals surface area contributed by atoms with Crippen LogP contribution in [0.5, 0.6) is 0 Å². The number of amides is 1. The first kappa shape index (κ1) is 22.4. The largest absolute Gasteiger partial charge is 0.352 e. The van der Waals surface area contributed by atoms with Crippen molar-refractivity contribution in [2.45, 2.75) is 20.3 Å². The minimum Gasteiger partial charge on any atom is -0.352 e. The molecule has 0 saturated carbocycles. The number of aromatic nitrogens is 2.